The van der Waals surface area contributed by atoms with Gasteiger partial charge in [-0.1, -0.05) is 12.1 Å². The van der Waals surface area contributed by atoms with E-state index in [-0.39, 0.29) is 5.56 Å². The van der Waals surface area contributed by atoms with Gasteiger partial charge in [0.15, 0.2) is 6.61 Å². The number of rotatable bonds is 3. The normalized spacial score (nSPS) is 9.57. The van der Waals surface area contributed by atoms with Crippen molar-refractivity contribution < 1.29 is 18.7 Å². The van der Waals surface area contributed by atoms with Gasteiger partial charge in [-0.25, -0.2) is 4.39 Å². The summed E-state index contributed by atoms with van der Waals surface area (Å²) in [5.41, 5.74) is -0.0613. The van der Waals surface area contributed by atoms with Crippen LogP contribution >= 0.6 is 0 Å². The fourth-order valence-corrected chi connectivity index (χ4v) is 0.932. The van der Waals surface area contributed by atoms with Gasteiger partial charge in [0.05, 0.1) is 5.56 Å². The van der Waals surface area contributed by atoms with Crippen LogP contribution in [0.4, 0.5) is 4.39 Å². The van der Waals surface area contributed by atoms with Crippen molar-refractivity contribution >= 4 is 11.8 Å². The summed E-state index contributed by atoms with van der Waals surface area (Å²) in [5.74, 6) is -1.71. The van der Waals surface area contributed by atoms with Crippen molar-refractivity contribution in [1.82, 2.24) is 0 Å². The average molecular weight is 196 g/mol. The Kier molecular flexibility index (Phi) is 3.34. The number of halogens is 1. The lowest BCUT2D eigenvalue weighted by Gasteiger charge is -2.02. The number of Topliss-reactive ketones (excluding diaryl/α,β-unsaturated/α-hetero) is 1. The zero-order chi connectivity index (χ0) is 10.6. The summed E-state index contributed by atoms with van der Waals surface area (Å²) in [7, 11) is 0. The number of esters is 1. The van der Waals surface area contributed by atoms with Gasteiger partial charge in [-0.2, -0.15) is 0 Å². The third kappa shape index (κ3) is 2.65. The van der Waals surface area contributed by atoms with Gasteiger partial charge in [0.25, 0.3) is 0 Å². The molecule has 0 bridgehead atoms. The molecule has 4 heteroatoms. The highest BCUT2D eigenvalue weighted by molar-refractivity contribution is 5.98. The molecule has 0 N–H and O–H groups in total. The molecule has 3 nitrogen and oxygen atoms in total. The molecular formula is C10H9FO3. The number of carbonyl (C=O) groups excluding carboxylic acids is 2. The van der Waals surface area contributed by atoms with E-state index in [1.165, 1.54) is 25.1 Å². The molecule has 0 spiro atoms. The molecule has 0 amide bonds. The second kappa shape index (κ2) is 4.50. The summed E-state index contributed by atoms with van der Waals surface area (Å²) in [6, 6.07) is 5.56. The minimum absolute atomic E-state index is 0.0613. The molecule has 0 aliphatic heterocycles. The number of ketones is 1. The van der Waals surface area contributed by atoms with Crippen molar-refractivity contribution in [3.05, 3.63) is 35.6 Å². The number of carbonyl (C=O) groups is 2. The number of ether oxygens (including phenoxy) is 1. The SMILES string of the molecule is CC(=O)OCC(=O)c1ccccc1F. The molecule has 0 saturated carbocycles. The third-order valence-electron chi connectivity index (χ3n) is 1.58. The van der Waals surface area contributed by atoms with Gasteiger partial charge < -0.3 is 4.74 Å². The van der Waals surface area contributed by atoms with E-state index in [0.29, 0.717) is 0 Å². The van der Waals surface area contributed by atoms with Crippen molar-refractivity contribution in [2.75, 3.05) is 6.61 Å². The molecular weight excluding hydrogens is 187 g/mol. The predicted octanol–water partition coefficient (Wildman–Crippen LogP) is 1.57. The van der Waals surface area contributed by atoms with E-state index in [0.717, 1.165) is 0 Å². The van der Waals surface area contributed by atoms with Gasteiger partial charge in [0.1, 0.15) is 5.82 Å². The fraction of sp³-hybridized carbons (Fsp3) is 0.200. The van der Waals surface area contributed by atoms with Crippen molar-refractivity contribution in [3.63, 3.8) is 0 Å². The number of benzene rings is 1. The quantitative estimate of drug-likeness (QED) is 0.544. The highest BCUT2D eigenvalue weighted by Crippen LogP contribution is 2.07. The smallest absolute Gasteiger partial charge is 0.303 e. The molecule has 1 rings (SSSR count). The number of hydrogen-bond acceptors (Lipinski definition) is 3. The summed E-state index contributed by atoms with van der Waals surface area (Å²) in [6.07, 6.45) is 0. The van der Waals surface area contributed by atoms with Crippen LogP contribution in [0.2, 0.25) is 0 Å². The van der Waals surface area contributed by atoms with Crippen molar-refractivity contribution in [3.8, 4) is 0 Å². The molecule has 0 radical (unpaired) electrons. The van der Waals surface area contributed by atoms with Crippen molar-refractivity contribution in [2.24, 2.45) is 0 Å². The van der Waals surface area contributed by atoms with Crippen LogP contribution in [0.15, 0.2) is 24.3 Å². The predicted molar refractivity (Wildman–Crippen MR) is 47.4 cm³/mol. The molecule has 0 atom stereocenters. The first-order valence-electron chi connectivity index (χ1n) is 4.02. The zero-order valence-corrected chi connectivity index (χ0v) is 7.62. The molecule has 0 aliphatic rings. The summed E-state index contributed by atoms with van der Waals surface area (Å²) in [4.78, 5) is 21.6. The molecule has 0 fully saturated rings. The van der Waals surface area contributed by atoms with E-state index in [1.54, 1.807) is 6.07 Å². The maximum Gasteiger partial charge on any atom is 0.303 e. The Labute approximate surface area is 80.5 Å². The Morgan fingerprint density at radius 3 is 2.57 bits per heavy atom. The van der Waals surface area contributed by atoms with Gasteiger partial charge in [-0.15, -0.1) is 0 Å². The molecule has 0 aliphatic carbocycles. The lowest BCUT2D eigenvalue weighted by molar-refractivity contribution is -0.139. The minimum Gasteiger partial charge on any atom is -0.457 e. The highest BCUT2D eigenvalue weighted by Gasteiger charge is 2.11. The van der Waals surface area contributed by atoms with Crippen LogP contribution in [0.3, 0.4) is 0 Å². The maximum atomic E-state index is 13.0. The molecule has 1 aromatic carbocycles. The van der Waals surface area contributed by atoms with Gasteiger partial charge in [-0.3, -0.25) is 9.59 Å². The Hall–Kier alpha value is -1.71. The molecule has 0 heterocycles. The number of hydrogen-bond donors (Lipinski definition) is 0. The van der Waals surface area contributed by atoms with E-state index in [4.69, 9.17) is 0 Å². The van der Waals surface area contributed by atoms with Crippen LogP contribution in [0.25, 0.3) is 0 Å². The monoisotopic (exact) mass is 196 g/mol. The summed E-state index contributed by atoms with van der Waals surface area (Å²) < 4.78 is 17.5. The summed E-state index contributed by atoms with van der Waals surface area (Å²) >= 11 is 0. The second-order valence-corrected chi connectivity index (χ2v) is 2.68. The van der Waals surface area contributed by atoms with Crippen LogP contribution in [0.1, 0.15) is 17.3 Å². The van der Waals surface area contributed by atoms with E-state index < -0.39 is 24.2 Å². The molecule has 0 unspecified atom stereocenters. The fourth-order valence-electron chi connectivity index (χ4n) is 0.932. The lowest BCUT2D eigenvalue weighted by atomic mass is 10.1. The van der Waals surface area contributed by atoms with Gasteiger partial charge in [0.2, 0.25) is 5.78 Å². The standard InChI is InChI=1S/C10H9FO3/c1-7(12)14-6-10(13)8-4-2-3-5-9(8)11/h2-5H,6H2,1H3. The van der Waals surface area contributed by atoms with Crippen molar-refractivity contribution in [2.45, 2.75) is 6.92 Å². The van der Waals surface area contributed by atoms with Crippen LogP contribution in [0, 0.1) is 5.82 Å². The first kappa shape index (κ1) is 10.4. The van der Waals surface area contributed by atoms with E-state index in [1.807, 2.05) is 0 Å². The van der Waals surface area contributed by atoms with E-state index >= 15 is 0 Å². The Morgan fingerprint density at radius 1 is 1.36 bits per heavy atom. The van der Waals surface area contributed by atoms with Crippen LogP contribution in [-0.2, 0) is 9.53 Å². The summed E-state index contributed by atoms with van der Waals surface area (Å²) in [5, 5.41) is 0. The molecule has 0 aromatic heterocycles. The van der Waals surface area contributed by atoms with Crippen LogP contribution in [-0.4, -0.2) is 18.4 Å². The topological polar surface area (TPSA) is 43.4 Å². The molecule has 74 valence electrons. The first-order chi connectivity index (χ1) is 6.61. The van der Waals surface area contributed by atoms with Gasteiger partial charge in [-0.05, 0) is 12.1 Å². The van der Waals surface area contributed by atoms with Gasteiger partial charge >= 0.3 is 5.97 Å². The summed E-state index contributed by atoms with van der Waals surface area (Å²) in [6.45, 7) is 0.769. The Bertz CT molecular complexity index is 360. The molecule has 0 saturated heterocycles. The van der Waals surface area contributed by atoms with Crippen LogP contribution < -0.4 is 0 Å². The van der Waals surface area contributed by atoms with Gasteiger partial charge in [0, 0.05) is 6.92 Å². The minimum atomic E-state index is -0.607. The third-order valence-corrected chi connectivity index (χ3v) is 1.58. The largest absolute Gasteiger partial charge is 0.457 e. The average Bonchev–Trinajstić information content (AvgIpc) is 2.15. The zero-order valence-electron chi connectivity index (χ0n) is 7.62. The lowest BCUT2D eigenvalue weighted by Crippen LogP contribution is -2.13. The van der Waals surface area contributed by atoms with Crippen LogP contribution in [0.5, 0.6) is 0 Å². The highest BCUT2D eigenvalue weighted by atomic mass is 19.1. The second-order valence-electron chi connectivity index (χ2n) is 2.68. The molecule has 14 heavy (non-hydrogen) atoms. The van der Waals surface area contributed by atoms with E-state index in [9.17, 15) is 14.0 Å². The Balaban J connectivity index is 2.70. The van der Waals surface area contributed by atoms with Crippen molar-refractivity contribution in [1.29, 1.82) is 0 Å². The first-order valence-corrected chi connectivity index (χ1v) is 4.02. The van der Waals surface area contributed by atoms with E-state index in [2.05, 4.69) is 4.74 Å². The Morgan fingerprint density at radius 2 is 2.00 bits per heavy atom. The maximum absolute atomic E-state index is 13.0. The molecule has 1 aromatic rings.